The molecular formula is C18H20N4O3. The SMILES string of the molecule is Cc1cnc(C(=O)N2CCO[C@H]3[C@H]2CC[C@H]3Oc2ccccn2)cn1. The number of morpholine rings is 1. The predicted molar refractivity (Wildman–Crippen MR) is 89.2 cm³/mol. The molecule has 7 heteroatoms. The Kier molecular flexibility index (Phi) is 4.31. The first-order chi connectivity index (χ1) is 12.2. The Labute approximate surface area is 146 Å². The lowest BCUT2D eigenvalue weighted by atomic mass is 10.1. The van der Waals surface area contributed by atoms with E-state index < -0.39 is 0 Å². The summed E-state index contributed by atoms with van der Waals surface area (Å²) in [7, 11) is 0. The van der Waals surface area contributed by atoms with Crippen molar-refractivity contribution in [1.82, 2.24) is 19.9 Å². The fraction of sp³-hybridized carbons (Fsp3) is 0.444. The van der Waals surface area contributed by atoms with E-state index in [1.165, 1.54) is 0 Å². The number of fused-ring (bicyclic) bond motifs is 1. The smallest absolute Gasteiger partial charge is 0.274 e. The zero-order valence-corrected chi connectivity index (χ0v) is 14.0. The fourth-order valence-corrected chi connectivity index (χ4v) is 3.52. The number of rotatable bonds is 3. The van der Waals surface area contributed by atoms with Gasteiger partial charge in [-0.05, 0) is 25.8 Å². The maximum Gasteiger partial charge on any atom is 0.274 e. The Morgan fingerprint density at radius 1 is 1.24 bits per heavy atom. The van der Waals surface area contributed by atoms with E-state index in [1.54, 1.807) is 18.6 Å². The zero-order valence-electron chi connectivity index (χ0n) is 14.0. The number of ether oxygens (including phenoxy) is 2. The topological polar surface area (TPSA) is 77.4 Å². The molecule has 1 amide bonds. The number of aromatic nitrogens is 3. The van der Waals surface area contributed by atoms with Gasteiger partial charge in [-0.2, -0.15) is 0 Å². The van der Waals surface area contributed by atoms with Crippen LogP contribution in [0.15, 0.2) is 36.8 Å². The van der Waals surface area contributed by atoms with E-state index in [4.69, 9.17) is 9.47 Å². The molecule has 0 spiro atoms. The summed E-state index contributed by atoms with van der Waals surface area (Å²) in [5, 5.41) is 0. The van der Waals surface area contributed by atoms with Gasteiger partial charge in [0.05, 0.1) is 24.5 Å². The van der Waals surface area contributed by atoms with Gasteiger partial charge in [-0.25, -0.2) is 9.97 Å². The first-order valence-electron chi connectivity index (χ1n) is 8.51. The molecule has 7 nitrogen and oxygen atoms in total. The van der Waals surface area contributed by atoms with Gasteiger partial charge in [0.1, 0.15) is 17.9 Å². The van der Waals surface area contributed by atoms with Crippen molar-refractivity contribution in [2.24, 2.45) is 0 Å². The van der Waals surface area contributed by atoms with Gasteiger partial charge in [0, 0.05) is 25.0 Å². The van der Waals surface area contributed by atoms with Gasteiger partial charge in [-0.15, -0.1) is 0 Å². The summed E-state index contributed by atoms with van der Waals surface area (Å²) in [6, 6.07) is 5.58. The molecule has 1 saturated carbocycles. The van der Waals surface area contributed by atoms with E-state index in [-0.39, 0.29) is 24.2 Å². The number of carbonyl (C=O) groups is 1. The summed E-state index contributed by atoms with van der Waals surface area (Å²) in [4.78, 5) is 27.3. The maximum atomic E-state index is 12.8. The molecule has 4 rings (SSSR count). The summed E-state index contributed by atoms with van der Waals surface area (Å²) in [5.41, 5.74) is 1.17. The number of aryl methyl sites for hydroxylation is 1. The molecule has 0 aromatic carbocycles. The van der Waals surface area contributed by atoms with Crippen LogP contribution in [0.1, 0.15) is 29.0 Å². The fourth-order valence-electron chi connectivity index (χ4n) is 3.52. The predicted octanol–water partition coefficient (Wildman–Crippen LogP) is 1.63. The standard InChI is InChI=1S/C18H20N4O3/c1-12-10-21-13(11-20-12)18(23)22-8-9-24-17-14(22)5-6-15(17)25-16-4-2-3-7-19-16/h2-4,7,10-11,14-15,17H,5-6,8-9H2,1H3/t14-,15-,17+/m1/s1. The van der Waals surface area contributed by atoms with Gasteiger partial charge in [0.2, 0.25) is 5.88 Å². The highest BCUT2D eigenvalue weighted by molar-refractivity contribution is 5.92. The third-order valence-corrected chi connectivity index (χ3v) is 4.71. The summed E-state index contributed by atoms with van der Waals surface area (Å²) < 4.78 is 11.9. The van der Waals surface area contributed by atoms with Gasteiger partial charge in [0.15, 0.2) is 0 Å². The Morgan fingerprint density at radius 2 is 2.16 bits per heavy atom. The van der Waals surface area contributed by atoms with Crippen LogP contribution in [0.4, 0.5) is 0 Å². The normalized spacial score (nSPS) is 25.5. The van der Waals surface area contributed by atoms with Gasteiger partial charge in [0.25, 0.3) is 5.91 Å². The largest absolute Gasteiger partial charge is 0.471 e. The minimum Gasteiger partial charge on any atom is -0.471 e. The Balaban J connectivity index is 1.49. The minimum absolute atomic E-state index is 0.00179. The van der Waals surface area contributed by atoms with Gasteiger partial charge >= 0.3 is 0 Å². The second-order valence-corrected chi connectivity index (χ2v) is 6.35. The number of amides is 1. The molecule has 2 aromatic rings. The van der Waals surface area contributed by atoms with E-state index in [0.717, 1.165) is 18.5 Å². The molecule has 25 heavy (non-hydrogen) atoms. The number of hydrogen-bond acceptors (Lipinski definition) is 6. The van der Waals surface area contributed by atoms with Gasteiger partial charge < -0.3 is 14.4 Å². The molecule has 2 fully saturated rings. The number of hydrogen-bond donors (Lipinski definition) is 0. The molecule has 2 aromatic heterocycles. The number of pyridine rings is 1. The highest BCUT2D eigenvalue weighted by Crippen LogP contribution is 2.33. The first-order valence-corrected chi connectivity index (χ1v) is 8.51. The summed E-state index contributed by atoms with van der Waals surface area (Å²) in [6.07, 6.45) is 6.29. The highest BCUT2D eigenvalue weighted by atomic mass is 16.5. The van der Waals surface area contributed by atoms with E-state index >= 15 is 0 Å². The molecular weight excluding hydrogens is 320 g/mol. The Morgan fingerprint density at radius 3 is 2.92 bits per heavy atom. The van der Waals surface area contributed by atoms with Gasteiger partial charge in [-0.3, -0.25) is 9.78 Å². The third kappa shape index (κ3) is 3.19. The Bertz CT molecular complexity index is 738. The van der Waals surface area contributed by atoms with Crippen LogP contribution in [0.2, 0.25) is 0 Å². The second-order valence-electron chi connectivity index (χ2n) is 6.35. The van der Waals surface area contributed by atoms with Crippen LogP contribution in [0.25, 0.3) is 0 Å². The van der Waals surface area contributed by atoms with Crippen LogP contribution in [0, 0.1) is 6.92 Å². The molecule has 130 valence electrons. The summed E-state index contributed by atoms with van der Waals surface area (Å²) in [6.45, 7) is 2.91. The molecule has 0 N–H and O–H groups in total. The van der Waals surface area contributed by atoms with Crippen molar-refractivity contribution in [3.63, 3.8) is 0 Å². The van der Waals surface area contributed by atoms with Crippen LogP contribution in [0.3, 0.4) is 0 Å². The number of nitrogens with zero attached hydrogens (tertiary/aromatic N) is 4. The average molecular weight is 340 g/mol. The van der Waals surface area contributed by atoms with Crippen LogP contribution in [0.5, 0.6) is 5.88 Å². The molecule has 3 atom stereocenters. The van der Waals surface area contributed by atoms with E-state index in [9.17, 15) is 4.79 Å². The van der Waals surface area contributed by atoms with Crippen LogP contribution < -0.4 is 4.74 Å². The van der Waals surface area contributed by atoms with Gasteiger partial charge in [-0.1, -0.05) is 6.07 Å². The molecule has 2 aliphatic rings. The Hall–Kier alpha value is -2.54. The van der Waals surface area contributed by atoms with E-state index in [1.807, 2.05) is 30.0 Å². The molecule has 1 aliphatic heterocycles. The quantitative estimate of drug-likeness (QED) is 0.845. The first kappa shape index (κ1) is 16.0. The molecule has 1 saturated heterocycles. The van der Waals surface area contributed by atoms with Crippen LogP contribution >= 0.6 is 0 Å². The third-order valence-electron chi connectivity index (χ3n) is 4.71. The number of carbonyl (C=O) groups excluding carboxylic acids is 1. The monoisotopic (exact) mass is 340 g/mol. The maximum absolute atomic E-state index is 12.8. The van der Waals surface area contributed by atoms with Crippen molar-refractivity contribution >= 4 is 5.91 Å². The summed E-state index contributed by atoms with van der Waals surface area (Å²) in [5.74, 6) is 0.494. The molecule has 3 heterocycles. The van der Waals surface area contributed by atoms with Crippen molar-refractivity contribution in [2.75, 3.05) is 13.2 Å². The summed E-state index contributed by atoms with van der Waals surface area (Å²) >= 11 is 0. The van der Waals surface area contributed by atoms with E-state index in [2.05, 4.69) is 15.0 Å². The lowest BCUT2D eigenvalue weighted by Gasteiger charge is -2.38. The molecule has 0 bridgehead atoms. The van der Waals surface area contributed by atoms with Crippen molar-refractivity contribution in [3.8, 4) is 5.88 Å². The van der Waals surface area contributed by atoms with Crippen molar-refractivity contribution in [2.45, 2.75) is 38.0 Å². The molecule has 0 unspecified atom stereocenters. The average Bonchev–Trinajstić information content (AvgIpc) is 3.06. The van der Waals surface area contributed by atoms with Crippen molar-refractivity contribution < 1.29 is 14.3 Å². The minimum atomic E-state index is -0.141. The highest BCUT2D eigenvalue weighted by Gasteiger charge is 2.46. The van der Waals surface area contributed by atoms with E-state index in [0.29, 0.717) is 24.7 Å². The second kappa shape index (κ2) is 6.76. The van der Waals surface area contributed by atoms with Crippen molar-refractivity contribution in [1.29, 1.82) is 0 Å². The lowest BCUT2D eigenvalue weighted by molar-refractivity contribution is -0.0794. The zero-order chi connectivity index (χ0) is 17.2. The van der Waals surface area contributed by atoms with Crippen LogP contribution in [-0.4, -0.2) is 57.2 Å². The lowest BCUT2D eigenvalue weighted by Crippen LogP contribution is -2.54. The van der Waals surface area contributed by atoms with Crippen LogP contribution in [-0.2, 0) is 4.74 Å². The van der Waals surface area contributed by atoms with Crippen molar-refractivity contribution in [3.05, 3.63) is 48.2 Å². The molecule has 1 aliphatic carbocycles. The molecule has 0 radical (unpaired) electrons.